The van der Waals surface area contributed by atoms with E-state index in [9.17, 15) is 0 Å². The molecule has 3 nitrogen and oxygen atoms in total. The van der Waals surface area contributed by atoms with E-state index in [0.29, 0.717) is 0 Å². The largest absolute Gasteiger partial charge is 0.350 e. The van der Waals surface area contributed by atoms with Gasteiger partial charge in [-0.1, -0.05) is 30.3 Å². The predicted octanol–water partition coefficient (Wildman–Crippen LogP) is 3.16. The molecule has 2 aromatic rings. The number of methoxy groups -OCH3 is 2. The predicted molar refractivity (Wildman–Crippen MR) is 74.8 cm³/mol. The van der Waals surface area contributed by atoms with E-state index in [1.807, 2.05) is 18.2 Å². The topological polar surface area (TPSA) is 31.4 Å². The van der Waals surface area contributed by atoms with E-state index in [0.717, 1.165) is 18.5 Å². The number of ether oxygens (including phenoxy) is 2. The molecule has 1 aromatic carbocycles. The molecule has 0 bridgehead atoms. The van der Waals surface area contributed by atoms with E-state index in [-0.39, 0.29) is 0 Å². The first kappa shape index (κ1) is 13.7. The van der Waals surface area contributed by atoms with Crippen molar-refractivity contribution >= 4 is 0 Å². The van der Waals surface area contributed by atoms with Crippen molar-refractivity contribution in [1.29, 1.82) is 0 Å². The number of rotatable bonds is 6. The summed E-state index contributed by atoms with van der Waals surface area (Å²) >= 11 is 0. The molecule has 0 N–H and O–H groups in total. The fourth-order valence-electron chi connectivity index (χ4n) is 2.05. The summed E-state index contributed by atoms with van der Waals surface area (Å²) in [7, 11) is 3.24. The molecule has 0 spiro atoms. The Kier molecular flexibility index (Phi) is 5.07. The van der Waals surface area contributed by atoms with Gasteiger partial charge in [-0.05, 0) is 36.1 Å². The van der Waals surface area contributed by atoms with Crippen LogP contribution in [-0.4, -0.2) is 19.2 Å². The lowest BCUT2D eigenvalue weighted by molar-refractivity contribution is -0.108. The first-order valence-electron chi connectivity index (χ1n) is 6.38. The lowest BCUT2D eigenvalue weighted by atomic mass is 10.0. The number of pyridine rings is 1. The van der Waals surface area contributed by atoms with Gasteiger partial charge in [-0.2, -0.15) is 0 Å². The van der Waals surface area contributed by atoms with Crippen molar-refractivity contribution in [3.63, 3.8) is 0 Å². The molecular weight excluding hydrogens is 238 g/mol. The van der Waals surface area contributed by atoms with Gasteiger partial charge in [-0.3, -0.25) is 4.98 Å². The van der Waals surface area contributed by atoms with Crippen LogP contribution in [0.2, 0.25) is 0 Å². The monoisotopic (exact) mass is 257 g/mol. The smallest absolute Gasteiger partial charge is 0.200 e. The maximum absolute atomic E-state index is 5.22. The van der Waals surface area contributed by atoms with Gasteiger partial charge >= 0.3 is 0 Å². The third-order valence-corrected chi connectivity index (χ3v) is 3.06. The fraction of sp³-hybridized carbons (Fsp3) is 0.312. The highest BCUT2D eigenvalue weighted by molar-refractivity contribution is 5.21. The summed E-state index contributed by atoms with van der Waals surface area (Å²) in [6.07, 6.45) is 3.42. The highest BCUT2D eigenvalue weighted by Crippen LogP contribution is 2.16. The Hall–Kier alpha value is -1.71. The average molecular weight is 257 g/mol. The van der Waals surface area contributed by atoms with Crippen molar-refractivity contribution in [3.8, 4) is 0 Å². The van der Waals surface area contributed by atoms with Crippen molar-refractivity contribution in [2.75, 3.05) is 14.2 Å². The van der Waals surface area contributed by atoms with Gasteiger partial charge in [-0.25, -0.2) is 0 Å². The summed E-state index contributed by atoms with van der Waals surface area (Å²) in [5, 5.41) is 0. The van der Waals surface area contributed by atoms with Gasteiger partial charge in [0.15, 0.2) is 0 Å². The summed E-state index contributed by atoms with van der Waals surface area (Å²) in [5.74, 6) is 0. The Labute approximate surface area is 114 Å². The average Bonchev–Trinajstić information content (AvgIpc) is 2.48. The molecule has 100 valence electrons. The molecule has 3 heteroatoms. The van der Waals surface area contributed by atoms with Gasteiger partial charge in [0.1, 0.15) is 0 Å². The summed E-state index contributed by atoms with van der Waals surface area (Å²) in [5.41, 5.74) is 3.40. The minimum atomic E-state index is -0.392. The van der Waals surface area contributed by atoms with E-state index in [1.54, 1.807) is 20.4 Å². The molecule has 0 aliphatic carbocycles. The van der Waals surface area contributed by atoms with Crippen molar-refractivity contribution in [2.45, 2.75) is 19.1 Å². The van der Waals surface area contributed by atoms with Crippen LogP contribution >= 0.6 is 0 Å². The summed E-state index contributed by atoms with van der Waals surface area (Å²) in [6, 6.07) is 14.5. The van der Waals surface area contributed by atoms with Crippen molar-refractivity contribution in [2.24, 2.45) is 0 Å². The van der Waals surface area contributed by atoms with Crippen LogP contribution in [0.25, 0.3) is 0 Å². The van der Waals surface area contributed by atoms with Crippen LogP contribution in [0.5, 0.6) is 0 Å². The van der Waals surface area contributed by atoms with Gasteiger partial charge < -0.3 is 9.47 Å². The first-order valence-corrected chi connectivity index (χ1v) is 6.38. The van der Waals surface area contributed by atoms with Crippen LogP contribution in [0.1, 0.15) is 23.1 Å². The van der Waals surface area contributed by atoms with Gasteiger partial charge in [0.05, 0.1) is 5.69 Å². The Bertz CT molecular complexity index is 495. The molecule has 0 unspecified atom stereocenters. The number of benzene rings is 1. The molecule has 0 fully saturated rings. The van der Waals surface area contributed by atoms with Crippen LogP contribution in [-0.2, 0) is 22.3 Å². The second kappa shape index (κ2) is 7.02. The quantitative estimate of drug-likeness (QED) is 0.745. The minimum absolute atomic E-state index is 0.392. The second-order valence-electron chi connectivity index (χ2n) is 4.38. The zero-order valence-corrected chi connectivity index (χ0v) is 11.4. The van der Waals surface area contributed by atoms with Crippen LogP contribution < -0.4 is 0 Å². The van der Waals surface area contributed by atoms with Gasteiger partial charge in [0, 0.05) is 20.4 Å². The van der Waals surface area contributed by atoms with Gasteiger partial charge in [0.2, 0.25) is 6.29 Å². The number of nitrogens with zero attached hydrogens (tertiary/aromatic N) is 1. The number of aromatic nitrogens is 1. The zero-order chi connectivity index (χ0) is 13.5. The molecule has 1 aromatic heterocycles. The van der Waals surface area contributed by atoms with E-state index in [2.05, 4.69) is 29.2 Å². The summed E-state index contributed by atoms with van der Waals surface area (Å²) < 4.78 is 10.4. The van der Waals surface area contributed by atoms with Crippen molar-refractivity contribution in [3.05, 3.63) is 65.5 Å². The summed E-state index contributed by atoms with van der Waals surface area (Å²) in [6.45, 7) is 0. The second-order valence-corrected chi connectivity index (χ2v) is 4.38. The highest BCUT2D eigenvalue weighted by atomic mass is 16.7. The maximum Gasteiger partial charge on any atom is 0.200 e. The molecule has 0 radical (unpaired) electrons. The van der Waals surface area contributed by atoms with Crippen LogP contribution in [0.4, 0.5) is 0 Å². The molecule has 0 saturated heterocycles. The Morgan fingerprint density at radius 3 is 2.32 bits per heavy atom. The minimum Gasteiger partial charge on any atom is -0.350 e. The van der Waals surface area contributed by atoms with E-state index < -0.39 is 6.29 Å². The van der Waals surface area contributed by atoms with Crippen LogP contribution in [0, 0.1) is 0 Å². The van der Waals surface area contributed by atoms with Crippen LogP contribution in [0.3, 0.4) is 0 Å². The SMILES string of the molecule is COC(OC)c1cc(CCc2ccccc2)ccn1. The standard InChI is InChI=1S/C16H19NO2/c1-18-16(19-2)15-12-14(10-11-17-15)9-8-13-6-4-3-5-7-13/h3-7,10-12,16H,8-9H2,1-2H3. The van der Waals surface area contributed by atoms with Crippen molar-refractivity contribution < 1.29 is 9.47 Å². The number of hydrogen-bond acceptors (Lipinski definition) is 3. The third kappa shape index (κ3) is 3.88. The Balaban J connectivity index is 2.03. The molecule has 0 aliphatic heterocycles. The van der Waals surface area contributed by atoms with Gasteiger partial charge in [0.25, 0.3) is 0 Å². The highest BCUT2D eigenvalue weighted by Gasteiger charge is 2.10. The lowest BCUT2D eigenvalue weighted by Gasteiger charge is -2.13. The Morgan fingerprint density at radius 1 is 0.947 bits per heavy atom. The van der Waals surface area contributed by atoms with E-state index >= 15 is 0 Å². The molecule has 19 heavy (non-hydrogen) atoms. The molecule has 1 heterocycles. The first-order chi connectivity index (χ1) is 9.33. The van der Waals surface area contributed by atoms with E-state index in [4.69, 9.17) is 9.47 Å². The lowest BCUT2D eigenvalue weighted by Crippen LogP contribution is -2.06. The molecule has 0 amide bonds. The van der Waals surface area contributed by atoms with Crippen LogP contribution in [0.15, 0.2) is 48.7 Å². The number of aryl methyl sites for hydroxylation is 2. The van der Waals surface area contributed by atoms with Crippen molar-refractivity contribution in [1.82, 2.24) is 4.98 Å². The third-order valence-electron chi connectivity index (χ3n) is 3.06. The van der Waals surface area contributed by atoms with Gasteiger partial charge in [-0.15, -0.1) is 0 Å². The molecule has 0 saturated carbocycles. The molecule has 0 atom stereocenters. The summed E-state index contributed by atoms with van der Waals surface area (Å²) in [4.78, 5) is 4.29. The zero-order valence-electron chi connectivity index (χ0n) is 11.4. The molecular formula is C16H19NO2. The normalized spacial score (nSPS) is 10.9. The molecule has 2 rings (SSSR count). The fourth-order valence-corrected chi connectivity index (χ4v) is 2.05. The Morgan fingerprint density at radius 2 is 1.63 bits per heavy atom. The maximum atomic E-state index is 5.22. The number of hydrogen-bond donors (Lipinski definition) is 0. The van der Waals surface area contributed by atoms with E-state index in [1.165, 1.54) is 11.1 Å². The molecule has 0 aliphatic rings.